The second kappa shape index (κ2) is 6.30. The zero-order valence-corrected chi connectivity index (χ0v) is 13.2. The van der Waals surface area contributed by atoms with Gasteiger partial charge in [-0.1, -0.05) is 0 Å². The molecule has 0 aromatic carbocycles. The summed E-state index contributed by atoms with van der Waals surface area (Å²) in [5.41, 5.74) is 0.391. The van der Waals surface area contributed by atoms with Gasteiger partial charge in [0.25, 0.3) is 0 Å². The minimum atomic E-state index is 0.391. The van der Waals surface area contributed by atoms with Gasteiger partial charge in [-0.3, -0.25) is 4.90 Å². The normalized spacial score (nSPS) is 35.1. The molecular weight excluding hydrogens is 250 g/mol. The summed E-state index contributed by atoms with van der Waals surface area (Å²) in [4.78, 5) is 5.39. The number of nitrogens with zero attached hydrogens (tertiary/aromatic N) is 2. The maximum atomic E-state index is 5.58. The smallest absolute Gasteiger partial charge is 0.0531 e. The number of methoxy groups -OCH3 is 1. The van der Waals surface area contributed by atoms with Crippen molar-refractivity contribution >= 4 is 0 Å². The predicted octanol–water partition coefficient (Wildman–Crippen LogP) is 1.17. The number of likely N-dealkylation sites (tertiary alicyclic amines) is 1. The minimum Gasteiger partial charge on any atom is -0.384 e. The Bertz CT molecular complexity index is 311. The number of hydrogen-bond acceptors (Lipinski definition) is 4. The molecule has 4 nitrogen and oxygen atoms in total. The van der Waals surface area contributed by atoms with Gasteiger partial charge in [0.05, 0.1) is 6.61 Å². The molecule has 0 aromatic heterocycles. The van der Waals surface area contributed by atoms with Crippen molar-refractivity contribution in [1.82, 2.24) is 15.1 Å². The van der Waals surface area contributed by atoms with E-state index in [4.69, 9.17) is 4.74 Å². The molecule has 0 spiro atoms. The van der Waals surface area contributed by atoms with Crippen molar-refractivity contribution < 1.29 is 4.74 Å². The van der Waals surface area contributed by atoms with Crippen LogP contribution in [0.5, 0.6) is 0 Å². The molecule has 2 bridgehead atoms. The molecule has 2 atom stereocenters. The van der Waals surface area contributed by atoms with Crippen LogP contribution in [-0.2, 0) is 4.74 Å². The third kappa shape index (κ3) is 3.03. The second-order valence-electron chi connectivity index (χ2n) is 7.26. The van der Waals surface area contributed by atoms with Crippen molar-refractivity contribution in [2.24, 2.45) is 5.41 Å². The number of ether oxygens (including phenoxy) is 1. The molecule has 4 heteroatoms. The molecule has 3 heterocycles. The Hall–Kier alpha value is -0.160. The summed E-state index contributed by atoms with van der Waals surface area (Å²) < 4.78 is 5.58. The molecule has 3 aliphatic heterocycles. The molecule has 0 amide bonds. The first-order chi connectivity index (χ1) is 9.72. The van der Waals surface area contributed by atoms with Gasteiger partial charge < -0.3 is 15.0 Å². The summed E-state index contributed by atoms with van der Waals surface area (Å²) in [6.07, 6.45) is 6.70. The van der Waals surface area contributed by atoms with E-state index in [1.807, 2.05) is 7.11 Å². The van der Waals surface area contributed by atoms with Gasteiger partial charge in [0.1, 0.15) is 0 Å². The third-order valence-electron chi connectivity index (χ3n) is 5.91. The molecule has 20 heavy (non-hydrogen) atoms. The first-order valence-corrected chi connectivity index (χ1v) is 8.36. The van der Waals surface area contributed by atoms with Crippen LogP contribution in [0.2, 0.25) is 0 Å². The lowest BCUT2D eigenvalue weighted by Gasteiger charge is -2.41. The van der Waals surface area contributed by atoms with Crippen molar-refractivity contribution in [3.05, 3.63) is 0 Å². The van der Waals surface area contributed by atoms with Crippen molar-refractivity contribution in [2.45, 2.75) is 44.2 Å². The van der Waals surface area contributed by atoms with Crippen LogP contribution in [0.1, 0.15) is 32.1 Å². The van der Waals surface area contributed by atoms with E-state index >= 15 is 0 Å². The van der Waals surface area contributed by atoms with Crippen LogP contribution in [0.15, 0.2) is 0 Å². The average molecular weight is 281 g/mol. The summed E-state index contributed by atoms with van der Waals surface area (Å²) in [6, 6.07) is 1.64. The number of likely N-dealkylation sites (N-methyl/N-ethyl adjacent to an activating group) is 1. The molecule has 0 radical (unpaired) electrons. The summed E-state index contributed by atoms with van der Waals surface area (Å²) >= 11 is 0. The van der Waals surface area contributed by atoms with Gasteiger partial charge >= 0.3 is 0 Å². The van der Waals surface area contributed by atoms with Crippen molar-refractivity contribution in [3.8, 4) is 0 Å². The van der Waals surface area contributed by atoms with Gasteiger partial charge in [0, 0.05) is 37.7 Å². The van der Waals surface area contributed by atoms with Gasteiger partial charge in [0.15, 0.2) is 0 Å². The Morgan fingerprint density at radius 3 is 2.65 bits per heavy atom. The molecule has 1 N–H and O–H groups in total. The van der Waals surface area contributed by atoms with Crippen molar-refractivity contribution in [2.75, 3.05) is 53.5 Å². The number of nitrogens with one attached hydrogen (secondary N) is 1. The number of piperidine rings is 1. The first-order valence-electron chi connectivity index (χ1n) is 8.36. The Balaban J connectivity index is 1.63. The zero-order chi connectivity index (χ0) is 14.0. The molecule has 0 aliphatic carbocycles. The monoisotopic (exact) mass is 281 g/mol. The Labute approximate surface area is 123 Å². The van der Waals surface area contributed by atoms with E-state index in [2.05, 4.69) is 22.2 Å². The molecule has 3 rings (SSSR count). The van der Waals surface area contributed by atoms with Crippen LogP contribution in [0.25, 0.3) is 0 Å². The number of fused-ring (bicyclic) bond motifs is 2. The summed E-state index contributed by atoms with van der Waals surface area (Å²) in [7, 11) is 4.20. The van der Waals surface area contributed by atoms with Gasteiger partial charge in [-0.2, -0.15) is 0 Å². The fourth-order valence-electron chi connectivity index (χ4n) is 4.61. The Kier molecular flexibility index (Phi) is 4.65. The topological polar surface area (TPSA) is 27.7 Å². The van der Waals surface area contributed by atoms with Crippen LogP contribution < -0.4 is 5.32 Å². The van der Waals surface area contributed by atoms with Crippen LogP contribution in [-0.4, -0.2) is 75.4 Å². The lowest BCUT2D eigenvalue weighted by Crippen LogP contribution is -2.49. The zero-order valence-electron chi connectivity index (χ0n) is 13.2. The average Bonchev–Trinajstić information content (AvgIpc) is 2.69. The maximum absolute atomic E-state index is 5.58. The predicted molar refractivity (Wildman–Crippen MR) is 82.0 cm³/mol. The molecule has 2 unspecified atom stereocenters. The van der Waals surface area contributed by atoms with E-state index in [0.29, 0.717) is 5.41 Å². The minimum absolute atomic E-state index is 0.391. The fourth-order valence-corrected chi connectivity index (χ4v) is 4.61. The third-order valence-corrected chi connectivity index (χ3v) is 5.91. The highest BCUT2D eigenvalue weighted by molar-refractivity contribution is 4.94. The van der Waals surface area contributed by atoms with Crippen LogP contribution in [0.3, 0.4) is 0 Å². The van der Waals surface area contributed by atoms with Gasteiger partial charge in [-0.15, -0.1) is 0 Å². The largest absolute Gasteiger partial charge is 0.384 e. The van der Waals surface area contributed by atoms with Gasteiger partial charge in [-0.05, 0) is 58.8 Å². The number of hydrogen-bond donors (Lipinski definition) is 1. The molecule has 3 fully saturated rings. The molecule has 116 valence electrons. The molecule has 0 saturated carbocycles. The van der Waals surface area contributed by atoms with E-state index in [1.165, 1.54) is 51.7 Å². The van der Waals surface area contributed by atoms with E-state index in [9.17, 15) is 0 Å². The van der Waals surface area contributed by atoms with Gasteiger partial charge in [0.2, 0.25) is 0 Å². The molecular formula is C16H31N3O. The van der Waals surface area contributed by atoms with Crippen LogP contribution >= 0.6 is 0 Å². The number of rotatable bonds is 4. The first kappa shape index (κ1) is 14.8. The summed E-state index contributed by atoms with van der Waals surface area (Å²) in [6.45, 7) is 7.03. The molecule has 0 aromatic rings. The van der Waals surface area contributed by atoms with E-state index in [0.717, 1.165) is 31.8 Å². The van der Waals surface area contributed by atoms with E-state index in [-0.39, 0.29) is 0 Å². The highest BCUT2D eigenvalue weighted by atomic mass is 16.5. The summed E-state index contributed by atoms with van der Waals surface area (Å²) in [5.74, 6) is 0. The maximum Gasteiger partial charge on any atom is 0.0531 e. The Morgan fingerprint density at radius 2 is 1.90 bits per heavy atom. The quantitative estimate of drug-likeness (QED) is 0.837. The Morgan fingerprint density at radius 1 is 1.15 bits per heavy atom. The standard InChI is InChI=1S/C16H31N3O/c1-18-14-3-4-15(18)11-19(10-5-14)12-16(13-20-2)6-8-17-9-7-16/h14-15,17H,3-13H2,1-2H3. The van der Waals surface area contributed by atoms with E-state index < -0.39 is 0 Å². The highest BCUT2D eigenvalue weighted by Crippen LogP contribution is 2.33. The molecule has 3 aliphatic rings. The lowest BCUT2D eigenvalue weighted by molar-refractivity contribution is 0.0204. The molecule has 3 saturated heterocycles. The van der Waals surface area contributed by atoms with Crippen LogP contribution in [0, 0.1) is 5.41 Å². The van der Waals surface area contributed by atoms with Crippen molar-refractivity contribution in [3.63, 3.8) is 0 Å². The summed E-state index contributed by atoms with van der Waals surface area (Å²) in [5, 5.41) is 3.50. The fraction of sp³-hybridized carbons (Fsp3) is 1.00. The lowest BCUT2D eigenvalue weighted by atomic mass is 9.79. The SMILES string of the molecule is COCC1(CN2CCC3CCC(C2)N3C)CCNCC1. The van der Waals surface area contributed by atoms with Gasteiger partial charge in [-0.25, -0.2) is 0 Å². The van der Waals surface area contributed by atoms with E-state index in [1.54, 1.807) is 0 Å². The van der Waals surface area contributed by atoms with Crippen molar-refractivity contribution in [1.29, 1.82) is 0 Å². The highest BCUT2D eigenvalue weighted by Gasteiger charge is 2.39. The van der Waals surface area contributed by atoms with Crippen LogP contribution in [0.4, 0.5) is 0 Å². The second-order valence-corrected chi connectivity index (χ2v) is 7.26.